The molecule has 6 saturated heterocycles. The van der Waals surface area contributed by atoms with Crippen LogP contribution in [0.2, 0.25) is 0 Å². The highest BCUT2D eigenvalue weighted by atomic mass is 16.8. The Labute approximate surface area is 648 Å². The molecule has 11 aliphatic rings. The summed E-state index contributed by atoms with van der Waals surface area (Å²) < 4.78 is 73.0. The number of aliphatic hydroxyl groups excluding tert-OH is 16. The molecule has 0 spiro atoms. The highest BCUT2D eigenvalue weighted by Gasteiger charge is 2.73. The average Bonchev–Trinajstić information content (AvgIpc) is 0.669. The van der Waals surface area contributed by atoms with E-state index in [-0.39, 0.29) is 38.0 Å². The molecule has 36 heteroatoms. The summed E-state index contributed by atoms with van der Waals surface area (Å²) in [7, 11) is 0. The van der Waals surface area contributed by atoms with Crippen molar-refractivity contribution in [1.82, 2.24) is 5.32 Å². The van der Waals surface area contributed by atoms with Crippen molar-refractivity contribution < 1.29 is 173 Å². The van der Waals surface area contributed by atoms with Gasteiger partial charge in [-0.3, -0.25) is 14.4 Å². The highest BCUT2D eigenvalue weighted by molar-refractivity contribution is 5.80. The molecule has 19 N–H and O–H groups in total. The Balaban J connectivity index is 0.854. The molecule has 17 unspecified atom stereocenters. The van der Waals surface area contributed by atoms with Crippen molar-refractivity contribution in [2.45, 2.75) is 355 Å². The van der Waals surface area contributed by atoms with Crippen molar-refractivity contribution in [2.24, 2.45) is 50.2 Å². The van der Waals surface area contributed by atoms with Crippen LogP contribution in [0.25, 0.3) is 0 Å². The number of unbranched alkanes of at least 4 members (excludes halogenated alkanes) is 7. The summed E-state index contributed by atoms with van der Waals surface area (Å²) >= 11 is 0. The van der Waals surface area contributed by atoms with Crippen LogP contribution < -0.4 is 5.32 Å². The second kappa shape index (κ2) is 35.6. The zero-order chi connectivity index (χ0) is 81.8. The SMILES string of the molecule is CC1O[C@@H](OC2C(O)[C@@H](NC(=O)CCCCCCCCCCC(=O)O)C(CO)O[C@@H]2OC(=O)[C@]23CCC(C)(C)CC2C2=CCC4C5(C)CC[C@H](O[C@@H]6OC(C(=O)O)[C@@H](O)[C@H](O[C@@H]7OC[C@@H](O)[C@@H](O)C7O)C6O[C@@H]6OC(CO)[C@@H](O)[C@H](O)C6O)[C@](C)(C=O)[C@@H]5CC[C@]4(C)[C@]2(C)CC3O)C(O)C(O)[C@H]1O[C@@H]1OC[C@@H](O)C(O)C1O. The quantitative estimate of drug-likeness (QED) is 0.0124. The van der Waals surface area contributed by atoms with Gasteiger partial charge in [-0.1, -0.05) is 91.7 Å². The maximum Gasteiger partial charge on any atom is 0.335 e. The topological polar surface area (TPSA) is 572 Å². The van der Waals surface area contributed by atoms with Crippen molar-refractivity contribution >= 4 is 30.1 Å². The molecule has 112 heavy (non-hydrogen) atoms. The van der Waals surface area contributed by atoms with Crippen LogP contribution in [-0.2, 0) is 80.8 Å². The van der Waals surface area contributed by atoms with E-state index < -0.39 is 279 Å². The molecule has 6 heterocycles. The number of aliphatic carboxylic acids is 2. The van der Waals surface area contributed by atoms with Crippen molar-refractivity contribution in [2.75, 3.05) is 26.4 Å². The molecule has 36 nitrogen and oxygen atoms in total. The number of fused-ring (bicyclic) bond motifs is 7. The van der Waals surface area contributed by atoms with Gasteiger partial charge >= 0.3 is 17.9 Å². The number of aliphatic hydroxyl groups is 16. The highest BCUT2D eigenvalue weighted by Crippen LogP contribution is 2.76. The molecule has 6 aliphatic heterocycles. The van der Waals surface area contributed by atoms with Gasteiger partial charge in [0.15, 0.2) is 43.7 Å². The number of esters is 1. The Morgan fingerprint density at radius 3 is 1.68 bits per heavy atom. The zero-order valence-electron chi connectivity index (χ0n) is 64.5. The number of amides is 1. The van der Waals surface area contributed by atoms with E-state index in [4.69, 9.17) is 61.9 Å². The normalized spacial score (nSPS) is 48.8. The van der Waals surface area contributed by atoms with Crippen LogP contribution in [0.15, 0.2) is 11.6 Å². The van der Waals surface area contributed by atoms with E-state index in [1.54, 1.807) is 6.92 Å². The lowest BCUT2D eigenvalue weighted by molar-refractivity contribution is -0.391. The van der Waals surface area contributed by atoms with E-state index >= 15 is 4.79 Å². The summed E-state index contributed by atoms with van der Waals surface area (Å²) in [6, 6.07) is -1.46. The van der Waals surface area contributed by atoms with E-state index in [0.717, 1.165) is 44.0 Å². The second-order valence-electron chi connectivity index (χ2n) is 35.1. The third kappa shape index (κ3) is 17.0. The summed E-state index contributed by atoms with van der Waals surface area (Å²) in [5.41, 5.74) is -5.06. The molecule has 0 radical (unpaired) electrons. The van der Waals surface area contributed by atoms with E-state index in [0.29, 0.717) is 57.8 Å². The molecular formula is C76H121NO35. The Hall–Kier alpha value is -3.79. The number of allylic oxidation sites excluding steroid dienone is 2. The monoisotopic (exact) mass is 1610 g/mol. The summed E-state index contributed by atoms with van der Waals surface area (Å²) in [5.74, 6) is -5.58. The van der Waals surface area contributed by atoms with Crippen molar-refractivity contribution in [3.8, 4) is 0 Å². The van der Waals surface area contributed by atoms with Crippen LogP contribution in [0.3, 0.4) is 0 Å². The van der Waals surface area contributed by atoms with Gasteiger partial charge in [0, 0.05) is 12.8 Å². The molecular weight excluding hydrogens is 1490 g/mol. The lowest BCUT2D eigenvalue weighted by Crippen LogP contribution is -2.70. The minimum atomic E-state index is -2.23. The Bertz CT molecular complexity index is 3240. The number of nitrogens with one attached hydrogen (secondary N) is 1. The van der Waals surface area contributed by atoms with E-state index in [1.807, 2.05) is 0 Å². The van der Waals surface area contributed by atoms with Crippen LogP contribution in [-0.4, -0.2) is 333 Å². The standard InChI is InChI=1S/C76H121NO35/c1-33-58(107-64-53(93)47(87)36(81)30-101-64)52(92)56(96)66(103-33)110-61-50(90)46(77-44(84)16-14-12-10-8-9-11-13-15-17-45(85)86)38(28-78)104-68(61)112-70(100)76-25-24-71(2,3)26-35(76)34-18-19-41-72(4)22-21-43(73(5,32-80)40(72)20-23-74(41,6)75(34,7)27-42(76)83)106-69-62(111-67-55(95)51(91)49(89)39(29-79)105-67)59(57(97)60(109-69)63(98)99)108-65-54(94)48(88)37(82)31-102-65/h18,32-33,35-43,46-62,64-69,78-79,81-83,87-97H,8-17,19-31H2,1-7H3,(H,77,84)(H,85,86)(H,98,99)/t33?,35?,36-,37-,38?,39?,40-,41?,42?,43+,46+,47?,48-,49-,50?,51+,52?,53?,54?,55?,56?,57+,58+,59+,60?,61?,62?,64+,65+,66+,67+,68-,69-,72?,73-,74+,75-,76-/m1/s1. The van der Waals surface area contributed by atoms with Gasteiger partial charge in [0.2, 0.25) is 12.2 Å². The van der Waals surface area contributed by atoms with Crippen LogP contribution >= 0.6 is 0 Å². The Morgan fingerprint density at radius 2 is 1.08 bits per heavy atom. The van der Waals surface area contributed by atoms with Gasteiger partial charge in [-0.25, -0.2) is 4.79 Å². The molecule has 0 bridgehead atoms. The predicted molar refractivity (Wildman–Crippen MR) is 377 cm³/mol. The number of hydrogen-bond donors (Lipinski definition) is 19. The number of carbonyl (C=O) groups excluding carboxylic acids is 3. The predicted octanol–water partition coefficient (Wildman–Crippen LogP) is -2.73. The fraction of sp³-hybridized carbons (Fsp3) is 0.908. The number of carboxylic acids is 2. The Kier molecular flexibility index (Phi) is 28.3. The summed E-state index contributed by atoms with van der Waals surface area (Å²) in [6.07, 6.45) is -40.9. The van der Waals surface area contributed by atoms with Gasteiger partial charge in [-0.05, 0) is 117 Å². The van der Waals surface area contributed by atoms with Gasteiger partial charge in [-0.15, -0.1) is 0 Å². The first-order valence-electron chi connectivity index (χ1n) is 39.8. The summed E-state index contributed by atoms with van der Waals surface area (Å²) in [6.45, 7) is 10.8. The van der Waals surface area contributed by atoms with Crippen molar-refractivity contribution in [1.29, 1.82) is 0 Å². The number of hydrogen-bond acceptors (Lipinski definition) is 33. The van der Waals surface area contributed by atoms with Gasteiger partial charge < -0.3 is 159 Å². The molecule has 1 amide bonds. The molecule has 10 fully saturated rings. The molecule has 0 aromatic rings. The summed E-state index contributed by atoms with van der Waals surface area (Å²) in [4.78, 5) is 68.2. The minimum absolute atomic E-state index is 0.00603. The largest absolute Gasteiger partial charge is 0.481 e. The zero-order valence-corrected chi connectivity index (χ0v) is 64.5. The first kappa shape index (κ1) is 89.0. The maximum atomic E-state index is 16.1. The molecule has 0 aromatic carbocycles. The van der Waals surface area contributed by atoms with E-state index in [1.165, 1.54) is 6.92 Å². The molecule has 38 atom stereocenters. The molecule has 5 aliphatic carbocycles. The van der Waals surface area contributed by atoms with E-state index in [9.17, 15) is 106 Å². The van der Waals surface area contributed by atoms with Crippen LogP contribution in [0.5, 0.6) is 0 Å². The maximum absolute atomic E-state index is 16.1. The van der Waals surface area contributed by atoms with Crippen molar-refractivity contribution in [3.05, 3.63) is 11.6 Å². The number of carboxylic acid groups (broad SMARTS) is 2. The van der Waals surface area contributed by atoms with Gasteiger partial charge in [0.05, 0.1) is 56.2 Å². The molecule has 4 saturated carbocycles. The number of rotatable bonds is 28. The Morgan fingerprint density at radius 1 is 0.527 bits per heavy atom. The summed E-state index contributed by atoms with van der Waals surface area (Å²) in [5, 5.41) is 201. The first-order valence-corrected chi connectivity index (χ1v) is 39.8. The third-order valence-corrected chi connectivity index (χ3v) is 27.7. The third-order valence-electron chi connectivity index (χ3n) is 27.7. The van der Waals surface area contributed by atoms with Crippen LogP contribution in [0, 0.1) is 50.2 Å². The van der Waals surface area contributed by atoms with Crippen molar-refractivity contribution in [3.63, 3.8) is 0 Å². The number of carbonyl (C=O) groups is 5. The molecule has 640 valence electrons. The first-order chi connectivity index (χ1) is 52.8. The van der Waals surface area contributed by atoms with Gasteiger partial charge in [0.25, 0.3) is 0 Å². The lowest BCUT2D eigenvalue weighted by atomic mass is 9.33. The molecule has 0 aromatic heterocycles. The lowest BCUT2D eigenvalue weighted by Gasteiger charge is -2.71. The van der Waals surface area contributed by atoms with Crippen LogP contribution in [0.1, 0.15) is 170 Å². The smallest absolute Gasteiger partial charge is 0.335 e. The fourth-order valence-corrected chi connectivity index (χ4v) is 20.9. The minimum Gasteiger partial charge on any atom is -0.481 e. The van der Waals surface area contributed by atoms with Gasteiger partial charge in [-0.2, -0.15) is 0 Å². The average molecular weight is 1610 g/mol. The van der Waals surface area contributed by atoms with Gasteiger partial charge in [0.1, 0.15) is 122 Å². The number of ether oxygens (including phenoxy) is 12. The number of aldehydes is 1. The molecule has 11 rings (SSSR count). The van der Waals surface area contributed by atoms with E-state index in [2.05, 4.69) is 46.0 Å². The van der Waals surface area contributed by atoms with Crippen LogP contribution in [0.4, 0.5) is 0 Å². The fourth-order valence-electron chi connectivity index (χ4n) is 20.9. The second-order valence-corrected chi connectivity index (χ2v) is 35.1.